The molecule has 1 N–H and O–H groups in total. The molecule has 2 aromatic rings. The highest BCUT2D eigenvalue weighted by Crippen LogP contribution is 2.10. The number of carbonyl (C=O) groups excluding carboxylic acids is 1. The van der Waals surface area contributed by atoms with Crippen LogP contribution in [-0.2, 0) is 0 Å². The van der Waals surface area contributed by atoms with Gasteiger partial charge in [0.25, 0.3) is 5.91 Å². The molecule has 1 amide bonds. The monoisotopic (exact) mass is 273 g/mol. The fourth-order valence-electron chi connectivity index (χ4n) is 1.47. The quantitative estimate of drug-likeness (QED) is 0.690. The smallest absolute Gasteiger partial charge is 0.267 e. The lowest BCUT2D eigenvalue weighted by atomic mass is 10.2. The summed E-state index contributed by atoms with van der Waals surface area (Å²) in [4.78, 5) is 15.8. The van der Waals surface area contributed by atoms with Crippen molar-refractivity contribution in [3.63, 3.8) is 0 Å². The first-order chi connectivity index (χ1) is 9.16. The van der Waals surface area contributed by atoms with Crippen molar-refractivity contribution in [2.45, 2.75) is 6.92 Å². The van der Waals surface area contributed by atoms with Gasteiger partial charge in [0.15, 0.2) is 0 Å². The van der Waals surface area contributed by atoms with Crippen LogP contribution >= 0.6 is 11.6 Å². The summed E-state index contributed by atoms with van der Waals surface area (Å²) in [6.07, 6.45) is 3.37. The molecular formula is C14H12ClN3O. The van der Waals surface area contributed by atoms with Crippen LogP contribution in [0.4, 0.5) is 0 Å². The topological polar surface area (TPSA) is 54.4 Å². The largest absolute Gasteiger partial charge is 0.271 e. The summed E-state index contributed by atoms with van der Waals surface area (Å²) in [5.41, 5.74) is 4.49. The van der Waals surface area contributed by atoms with Crippen LogP contribution in [0.5, 0.6) is 0 Å². The number of carbonyl (C=O) groups is 1. The molecule has 1 aromatic carbocycles. The first-order valence-corrected chi connectivity index (χ1v) is 6.05. The molecule has 0 bridgehead atoms. The minimum Gasteiger partial charge on any atom is -0.267 e. The van der Waals surface area contributed by atoms with Gasteiger partial charge in [-0.3, -0.25) is 9.78 Å². The second kappa shape index (κ2) is 6.11. The zero-order chi connectivity index (χ0) is 13.7. The highest BCUT2D eigenvalue weighted by atomic mass is 35.5. The van der Waals surface area contributed by atoms with E-state index in [0.29, 0.717) is 16.3 Å². The summed E-state index contributed by atoms with van der Waals surface area (Å²) in [6, 6.07) is 10.4. The molecular weight excluding hydrogens is 262 g/mol. The Kier molecular flexibility index (Phi) is 4.26. The van der Waals surface area contributed by atoms with Crippen LogP contribution in [0.3, 0.4) is 0 Å². The summed E-state index contributed by atoms with van der Waals surface area (Å²) in [6.45, 7) is 1.80. The van der Waals surface area contributed by atoms with Gasteiger partial charge in [-0.1, -0.05) is 23.7 Å². The zero-order valence-electron chi connectivity index (χ0n) is 10.3. The van der Waals surface area contributed by atoms with E-state index in [9.17, 15) is 4.79 Å². The van der Waals surface area contributed by atoms with Crippen LogP contribution in [0.2, 0.25) is 5.02 Å². The van der Waals surface area contributed by atoms with Crippen LogP contribution in [0.15, 0.2) is 53.9 Å². The zero-order valence-corrected chi connectivity index (χ0v) is 11.1. The Morgan fingerprint density at radius 2 is 2.05 bits per heavy atom. The Bertz CT molecular complexity index is 611. The lowest BCUT2D eigenvalue weighted by molar-refractivity contribution is 0.0955. The molecule has 0 saturated carbocycles. The Hall–Kier alpha value is -2.20. The molecule has 0 spiro atoms. The van der Waals surface area contributed by atoms with Gasteiger partial charge >= 0.3 is 0 Å². The molecule has 0 aliphatic heterocycles. The number of amides is 1. The molecule has 2 rings (SSSR count). The first-order valence-electron chi connectivity index (χ1n) is 5.67. The van der Waals surface area contributed by atoms with Crippen molar-refractivity contribution < 1.29 is 4.79 Å². The van der Waals surface area contributed by atoms with E-state index in [0.717, 1.165) is 5.56 Å². The van der Waals surface area contributed by atoms with Crippen molar-refractivity contribution in [2.24, 2.45) is 5.10 Å². The van der Waals surface area contributed by atoms with E-state index in [4.69, 9.17) is 11.6 Å². The van der Waals surface area contributed by atoms with Gasteiger partial charge in [-0.2, -0.15) is 5.10 Å². The molecule has 5 heteroatoms. The van der Waals surface area contributed by atoms with E-state index < -0.39 is 0 Å². The molecule has 4 nitrogen and oxygen atoms in total. The highest BCUT2D eigenvalue weighted by molar-refractivity contribution is 6.30. The molecule has 0 saturated heterocycles. The minimum absolute atomic E-state index is 0.300. The molecule has 0 unspecified atom stereocenters. The van der Waals surface area contributed by atoms with Gasteiger partial charge < -0.3 is 0 Å². The van der Waals surface area contributed by atoms with Crippen molar-refractivity contribution in [2.75, 3.05) is 0 Å². The van der Waals surface area contributed by atoms with E-state index in [-0.39, 0.29) is 5.91 Å². The normalized spacial score (nSPS) is 11.2. The van der Waals surface area contributed by atoms with Crippen LogP contribution in [0, 0.1) is 0 Å². The molecule has 1 heterocycles. The van der Waals surface area contributed by atoms with Crippen LogP contribution in [-0.4, -0.2) is 16.6 Å². The summed E-state index contributed by atoms with van der Waals surface area (Å²) in [5.74, 6) is -0.300. The van der Waals surface area contributed by atoms with Crippen molar-refractivity contribution in [1.82, 2.24) is 10.4 Å². The van der Waals surface area contributed by atoms with Crippen LogP contribution in [0.25, 0.3) is 0 Å². The molecule has 0 radical (unpaired) electrons. The molecule has 0 aliphatic rings. The minimum atomic E-state index is -0.300. The van der Waals surface area contributed by atoms with E-state index in [1.54, 1.807) is 43.6 Å². The second-order valence-corrected chi connectivity index (χ2v) is 4.33. The maximum absolute atomic E-state index is 11.8. The Balaban J connectivity index is 2.08. The molecule has 0 aliphatic carbocycles. The number of benzene rings is 1. The fourth-order valence-corrected chi connectivity index (χ4v) is 1.66. The third-order valence-corrected chi connectivity index (χ3v) is 2.73. The number of pyridine rings is 1. The lowest BCUT2D eigenvalue weighted by Crippen LogP contribution is -2.19. The summed E-state index contributed by atoms with van der Waals surface area (Å²) in [7, 11) is 0. The second-order valence-electron chi connectivity index (χ2n) is 3.89. The van der Waals surface area contributed by atoms with E-state index in [2.05, 4.69) is 15.5 Å². The molecule has 19 heavy (non-hydrogen) atoms. The predicted octanol–water partition coefficient (Wildman–Crippen LogP) is 2.89. The predicted molar refractivity (Wildman–Crippen MR) is 75.4 cm³/mol. The number of hydrogen-bond donors (Lipinski definition) is 1. The molecule has 96 valence electrons. The first kappa shape index (κ1) is 13.2. The molecule has 1 aromatic heterocycles. The van der Waals surface area contributed by atoms with Crippen LogP contribution < -0.4 is 5.43 Å². The highest BCUT2D eigenvalue weighted by Gasteiger charge is 2.05. The van der Waals surface area contributed by atoms with Gasteiger partial charge in [-0.15, -0.1) is 0 Å². The summed E-state index contributed by atoms with van der Waals surface area (Å²) >= 11 is 5.82. The summed E-state index contributed by atoms with van der Waals surface area (Å²) < 4.78 is 0. The Morgan fingerprint density at radius 3 is 2.74 bits per heavy atom. The van der Waals surface area contributed by atoms with Gasteiger partial charge in [0, 0.05) is 28.5 Å². The number of hydrogen-bond acceptors (Lipinski definition) is 3. The Morgan fingerprint density at radius 1 is 1.26 bits per heavy atom. The van der Waals surface area contributed by atoms with Gasteiger partial charge in [0.05, 0.1) is 5.71 Å². The number of rotatable bonds is 3. The number of aromatic nitrogens is 1. The van der Waals surface area contributed by atoms with Crippen molar-refractivity contribution >= 4 is 23.2 Å². The van der Waals surface area contributed by atoms with Gasteiger partial charge in [-0.25, -0.2) is 5.43 Å². The van der Waals surface area contributed by atoms with Crippen molar-refractivity contribution in [1.29, 1.82) is 0 Å². The lowest BCUT2D eigenvalue weighted by Gasteiger charge is -2.03. The van der Waals surface area contributed by atoms with Gasteiger partial charge in [0.2, 0.25) is 0 Å². The average Bonchev–Trinajstić information content (AvgIpc) is 2.45. The van der Waals surface area contributed by atoms with Gasteiger partial charge in [-0.05, 0) is 31.2 Å². The average molecular weight is 274 g/mol. The standard InChI is InChI=1S/C14H12ClN3O/c1-10(12-5-3-7-16-9-12)17-18-14(19)11-4-2-6-13(15)8-11/h2-9H,1H3,(H,18,19)/b17-10+. The van der Waals surface area contributed by atoms with E-state index in [1.807, 2.05) is 12.1 Å². The third kappa shape index (κ3) is 3.63. The summed E-state index contributed by atoms with van der Waals surface area (Å²) in [5, 5.41) is 4.55. The van der Waals surface area contributed by atoms with Crippen molar-refractivity contribution in [3.05, 3.63) is 64.9 Å². The van der Waals surface area contributed by atoms with Crippen LogP contribution in [0.1, 0.15) is 22.8 Å². The number of nitrogens with zero attached hydrogens (tertiary/aromatic N) is 2. The Labute approximate surface area is 116 Å². The third-order valence-electron chi connectivity index (χ3n) is 2.49. The molecule has 0 atom stereocenters. The maximum atomic E-state index is 11.8. The molecule has 0 fully saturated rings. The van der Waals surface area contributed by atoms with E-state index in [1.165, 1.54) is 0 Å². The number of hydrazone groups is 1. The van der Waals surface area contributed by atoms with Crippen molar-refractivity contribution in [3.8, 4) is 0 Å². The van der Waals surface area contributed by atoms with Gasteiger partial charge in [0.1, 0.15) is 0 Å². The SMILES string of the molecule is C/C(=N\NC(=O)c1cccc(Cl)c1)c1cccnc1. The van der Waals surface area contributed by atoms with E-state index >= 15 is 0 Å². The number of halogens is 1. The maximum Gasteiger partial charge on any atom is 0.271 e. The number of nitrogens with one attached hydrogen (secondary N) is 1. The fraction of sp³-hybridized carbons (Fsp3) is 0.0714.